The molecule has 0 aromatic heterocycles. The number of carbonyl (C=O) groups excluding carboxylic acids is 2. The number of ether oxygens (including phenoxy) is 2. The van der Waals surface area contributed by atoms with Crippen molar-refractivity contribution in [3.8, 4) is 11.5 Å². The summed E-state index contributed by atoms with van der Waals surface area (Å²) in [5, 5.41) is 0. The standard InChI is InChI=1S/C27H26N2O4/c1-5-28(20-11-7-6-8-12-20)25-24(19-14-15-22(32-3)23(17-19)33-4)26(30)29(27(25)31)21-13-9-10-18(2)16-21/h6-17H,5H2,1-4H3. The third-order valence-corrected chi connectivity index (χ3v) is 5.65. The van der Waals surface area contributed by atoms with Crippen LogP contribution in [0.1, 0.15) is 18.1 Å². The lowest BCUT2D eigenvalue weighted by molar-refractivity contribution is -0.120. The van der Waals surface area contributed by atoms with E-state index < -0.39 is 0 Å². The van der Waals surface area contributed by atoms with E-state index in [0.717, 1.165) is 11.3 Å². The molecule has 3 aromatic carbocycles. The van der Waals surface area contributed by atoms with Gasteiger partial charge in [0.25, 0.3) is 11.8 Å². The highest BCUT2D eigenvalue weighted by atomic mass is 16.5. The number of rotatable bonds is 7. The minimum atomic E-state index is -0.373. The molecule has 0 saturated heterocycles. The average molecular weight is 443 g/mol. The van der Waals surface area contributed by atoms with E-state index in [2.05, 4.69) is 0 Å². The van der Waals surface area contributed by atoms with E-state index in [4.69, 9.17) is 9.47 Å². The molecule has 3 aromatic rings. The van der Waals surface area contributed by atoms with Gasteiger partial charge in [-0.05, 0) is 61.4 Å². The van der Waals surface area contributed by atoms with Crippen LogP contribution in [-0.2, 0) is 9.59 Å². The lowest BCUT2D eigenvalue weighted by Crippen LogP contribution is -2.35. The minimum Gasteiger partial charge on any atom is -0.493 e. The Morgan fingerprint density at radius 3 is 2.18 bits per heavy atom. The quantitative estimate of drug-likeness (QED) is 0.491. The van der Waals surface area contributed by atoms with Gasteiger partial charge in [-0.25, -0.2) is 4.90 Å². The van der Waals surface area contributed by atoms with Gasteiger partial charge in [0, 0.05) is 12.2 Å². The van der Waals surface area contributed by atoms with Crippen LogP contribution in [0.3, 0.4) is 0 Å². The Labute approximate surface area is 193 Å². The van der Waals surface area contributed by atoms with Gasteiger partial charge < -0.3 is 14.4 Å². The number of aryl methyl sites for hydroxylation is 1. The lowest BCUT2D eigenvalue weighted by atomic mass is 10.0. The van der Waals surface area contributed by atoms with Crippen LogP contribution in [-0.4, -0.2) is 32.6 Å². The van der Waals surface area contributed by atoms with Crippen LogP contribution < -0.4 is 19.3 Å². The van der Waals surface area contributed by atoms with Crippen LogP contribution in [0.5, 0.6) is 11.5 Å². The predicted octanol–water partition coefficient (Wildman–Crippen LogP) is 4.82. The summed E-state index contributed by atoms with van der Waals surface area (Å²) in [6.07, 6.45) is 0. The maximum Gasteiger partial charge on any atom is 0.282 e. The third kappa shape index (κ3) is 3.96. The molecule has 4 rings (SSSR count). The number of methoxy groups -OCH3 is 2. The molecule has 0 bridgehead atoms. The van der Waals surface area contributed by atoms with E-state index in [9.17, 15) is 9.59 Å². The van der Waals surface area contributed by atoms with Crippen LogP contribution in [0.4, 0.5) is 11.4 Å². The molecule has 2 amide bonds. The minimum absolute atomic E-state index is 0.327. The number of carbonyl (C=O) groups is 2. The van der Waals surface area contributed by atoms with Crippen molar-refractivity contribution in [2.75, 3.05) is 30.6 Å². The fraction of sp³-hybridized carbons (Fsp3) is 0.185. The zero-order chi connectivity index (χ0) is 23.5. The highest BCUT2D eigenvalue weighted by Crippen LogP contribution is 2.39. The molecule has 6 nitrogen and oxygen atoms in total. The first-order valence-corrected chi connectivity index (χ1v) is 10.7. The van der Waals surface area contributed by atoms with Crippen LogP contribution in [0.25, 0.3) is 5.57 Å². The van der Waals surface area contributed by atoms with Crippen molar-refractivity contribution in [1.82, 2.24) is 0 Å². The normalized spacial score (nSPS) is 13.5. The number of likely N-dealkylation sites (N-methyl/N-ethyl adjacent to an activating group) is 1. The van der Waals surface area contributed by atoms with Gasteiger partial charge in [-0.15, -0.1) is 0 Å². The van der Waals surface area contributed by atoms with Crippen molar-refractivity contribution < 1.29 is 19.1 Å². The summed E-state index contributed by atoms with van der Waals surface area (Å²) >= 11 is 0. The monoisotopic (exact) mass is 442 g/mol. The second-order valence-electron chi connectivity index (χ2n) is 7.66. The number of hydrogen-bond donors (Lipinski definition) is 0. The largest absolute Gasteiger partial charge is 0.493 e. The second kappa shape index (κ2) is 9.20. The molecule has 0 atom stereocenters. The summed E-state index contributed by atoms with van der Waals surface area (Å²) < 4.78 is 10.8. The number of benzene rings is 3. The Morgan fingerprint density at radius 1 is 0.818 bits per heavy atom. The fourth-order valence-corrected chi connectivity index (χ4v) is 4.10. The van der Waals surface area contributed by atoms with E-state index >= 15 is 0 Å². The van der Waals surface area contributed by atoms with E-state index in [1.807, 2.05) is 67.3 Å². The number of nitrogens with zero attached hydrogens (tertiary/aromatic N) is 2. The molecule has 1 aliphatic heterocycles. The highest BCUT2D eigenvalue weighted by Gasteiger charge is 2.42. The molecule has 0 radical (unpaired) electrons. The summed E-state index contributed by atoms with van der Waals surface area (Å²) in [5.41, 5.74) is 3.59. The van der Waals surface area contributed by atoms with Crippen molar-refractivity contribution in [3.63, 3.8) is 0 Å². The third-order valence-electron chi connectivity index (χ3n) is 5.65. The predicted molar refractivity (Wildman–Crippen MR) is 130 cm³/mol. The first-order chi connectivity index (χ1) is 16.0. The highest BCUT2D eigenvalue weighted by molar-refractivity contribution is 6.46. The number of amides is 2. The Balaban J connectivity index is 1.94. The molecular weight excluding hydrogens is 416 g/mol. The van der Waals surface area contributed by atoms with Gasteiger partial charge in [-0.2, -0.15) is 0 Å². The molecule has 0 unspecified atom stereocenters. The molecule has 0 spiro atoms. The Kier molecular flexibility index (Phi) is 6.18. The van der Waals surface area contributed by atoms with Crippen molar-refractivity contribution in [1.29, 1.82) is 0 Å². The van der Waals surface area contributed by atoms with Gasteiger partial charge in [0.05, 0.1) is 25.5 Å². The summed E-state index contributed by atoms with van der Waals surface area (Å²) in [6.45, 7) is 4.40. The SMILES string of the molecule is CCN(C1=C(c2ccc(OC)c(OC)c2)C(=O)N(c2cccc(C)c2)C1=O)c1ccccc1. The Bertz CT molecular complexity index is 1230. The molecule has 0 N–H and O–H groups in total. The first-order valence-electron chi connectivity index (χ1n) is 10.7. The van der Waals surface area contributed by atoms with Gasteiger partial charge in [0.15, 0.2) is 11.5 Å². The number of anilines is 2. The van der Waals surface area contributed by atoms with Crippen molar-refractivity contribution in [2.24, 2.45) is 0 Å². The fourth-order valence-electron chi connectivity index (χ4n) is 4.10. The second-order valence-corrected chi connectivity index (χ2v) is 7.66. The van der Waals surface area contributed by atoms with Crippen LogP contribution in [0.15, 0.2) is 78.5 Å². The summed E-state index contributed by atoms with van der Waals surface area (Å²) in [5.74, 6) is 0.299. The zero-order valence-electron chi connectivity index (χ0n) is 19.2. The molecule has 33 heavy (non-hydrogen) atoms. The van der Waals surface area contributed by atoms with Crippen LogP contribution in [0, 0.1) is 6.92 Å². The molecular formula is C27H26N2O4. The van der Waals surface area contributed by atoms with Crippen molar-refractivity contribution in [3.05, 3.63) is 89.6 Å². The summed E-state index contributed by atoms with van der Waals surface area (Å²) in [7, 11) is 3.10. The Morgan fingerprint density at radius 2 is 1.55 bits per heavy atom. The first kappa shape index (κ1) is 22.1. The summed E-state index contributed by atoms with van der Waals surface area (Å²) in [6, 6.07) is 22.2. The van der Waals surface area contributed by atoms with Gasteiger partial charge in [0.2, 0.25) is 0 Å². The molecule has 0 fully saturated rings. The maximum atomic E-state index is 13.8. The van der Waals surface area contributed by atoms with Crippen molar-refractivity contribution >= 4 is 28.8 Å². The van der Waals surface area contributed by atoms with Crippen LogP contribution in [0.2, 0.25) is 0 Å². The van der Waals surface area contributed by atoms with Crippen LogP contribution >= 0.6 is 0 Å². The van der Waals surface area contributed by atoms with Gasteiger partial charge in [-0.3, -0.25) is 9.59 Å². The topological polar surface area (TPSA) is 59.1 Å². The summed E-state index contributed by atoms with van der Waals surface area (Å²) in [4.78, 5) is 30.7. The molecule has 6 heteroatoms. The maximum absolute atomic E-state index is 13.8. The van der Waals surface area contributed by atoms with E-state index in [1.54, 1.807) is 38.5 Å². The number of imide groups is 1. The molecule has 0 saturated carbocycles. The Hall–Kier alpha value is -4.06. The molecule has 168 valence electrons. The zero-order valence-corrected chi connectivity index (χ0v) is 19.2. The number of hydrogen-bond acceptors (Lipinski definition) is 5. The van der Waals surface area contributed by atoms with E-state index in [1.165, 1.54) is 4.90 Å². The smallest absolute Gasteiger partial charge is 0.282 e. The average Bonchev–Trinajstić information content (AvgIpc) is 3.09. The molecule has 1 heterocycles. The molecule has 0 aliphatic carbocycles. The van der Waals surface area contributed by atoms with E-state index in [-0.39, 0.29) is 11.8 Å². The molecule has 1 aliphatic rings. The van der Waals surface area contributed by atoms with Crippen molar-refractivity contribution in [2.45, 2.75) is 13.8 Å². The lowest BCUT2D eigenvalue weighted by Gasteiger charge is -2.25. The van der Waals surface area contributed by atoms with Gasteiger partial charge >= 0.3 is 0 Å². The van der Waals surface area contributed by atoms with E-state index in [0.29, 0.717) is 40.6 Å². The van der Waals surface area contributed by atoms with Gasteiger partial charge in [0.1, 0.15) is 5.70 Å². The van der Waals surface area contributed by atoms with Gasteiger partial charge in [-0.1, -0.05) is 36.4 Å². The number of para-hydroxylation sites is 1.